The molecule has 2 saturated heterocycles. The number of esters is 1. The maximum Gasteiger partial charge on any atom is 0.302 e. The van der Waals surface area contributed by atoms with E-state index in [2.05, 4.69) is 27.7 Å². The first-order chi connectivity index (χ1) is 22.2. The van der Waals surface area contributed by atoms with Gasteiger partial charge in [-0.1, -0.05) is 34.6 Å². The second-order valence-electron chi connectivity index (χ2n) is 18.5. The summed E-state index contributed by atoms with van der Waals surface area (Å²) in [5, 5.41) is 55.1. The molecule has 2 aliphatic heterocycles. The molecule has 0 aromatic carbocycles. The van der Waals surface area contributed by atoms with Gasteiger partial charge in [0.05, 0.1) is 24.4 Å². The fourth-order valence-electron chi connectivity index (χ4n) is 13.2. The lowest BCUT2D eigenvalue weighted by Gasteiger charge is -2.64. The fraction of sp³-hybridized carbons (Fsp3) is 0.946. The summed E-state index contributed by atoms with van der Waals surface area (Å²) in [6, 6.07) is 0. The van der Waals surface area contributed by atoms with E-state index in [1.165, 1.54) is 6.92 Å². The van der Waals surface area contributed by atoms with E-state index < -0.39 is 70.7 Å². The number of hydrogen-bond donors (Lipinski definition) is 5. The molecule has 0 aromatic heterocycles. The monoisotopic (exact) mass is 678 g/mol. The largest absolute Gasteiger partial charge is 0.460 e. The minimum Gasteiger partial charge on any atom is -0.460 e. The van der Waals surface area contributed by atoms with Crippen LogP contribution in [0.3, 0.4) is 0 Å². The van der Waals surface area contributed by atoms with Crippen LogP contribution in [0.5, 0.6) is 0 Å². The molecular weight excluding hydrogens is 620 g/mol. The Bertz CT molecular complexity index is 1330. The lowest BCUT2D eigenvalue weighted by molar-refractivity contribution is -0.305. The molecule has 7 fully saturated rings. The average Bonchev–Trinajstić information content (AvgIpc) is 3.84. The van der Waals surface area contributed by atoms with Crippen LogP contribution in [0.1, 0.15) is 100 Å². The number of aliphatic hydroxyl groups excluding tert-OH is 5. The van der Waals surface area contributed by atoms with Gasteiger partial charge in [0.15, 0.2) is 12.1 Å². The first-order valence-corrected chi connectivity index (χ1v) is 18.3. The molecule has 5 saturated carbocycles. The van der Waals surface area contributed by atoms with E-state index in [4.69, 9.17) is 18.9 Å². The van der Waals surface area contributed by atoms with Gasteiger partial charge in [0.2, 0.25) is 0 Å². The lowest BCUT2D eigenvalue weighted by atomic mass is 9.40. The van der Waals surface area contributed by atoms with Gasteiger partial charge in [-0.25, -0.2) is 0 Å². The zero-order valence-corrected chi connectivity index (χ0v) is 29.8. The highest BCUT2D eigenvalue weighted by molar-refractivity contribution is 5.90. The molecule has 5 N–H and O–H groups in total. The van der Waals surface area contributed by atoms with Gasteiger partial charge >= 0.3 is 5.97 Å². The van der Waals surface area contributed by atoms with Crippen LogP contribution in [0.2, 0.25) is 0 Å². The van der Waals surface area contributed by atoms with Crippen LogP contribution in [0, 0.1) is 50.7 Å². The topological polar surface area (TPSA) is 176 Å². The molecule has 7 aliphatic rings. The van der Waals surface area contributed by atoms with E-state index in [1.807, 2.05) is 20.8 Å². The third-order valence-electron chi connectivity index (χ3n) is 15.6. The van der Waals surface area contributed by atoms with Crippen LogP contribution in [-0.4, -0.2) is 105 Å². The van der Waals surface area contributed by atoms with E-state index in [9.17, 15) is 35.1 Å². The summed E-state index contributed by atoms with van der Waals surface area (Å²) in [5.74, 6) is -1.32. The quantitative estimate of drug-likeness (QED) is 0.152. The minimum atomic E-state index is -1.37. The Hall–Kier alpha value is -1.18. The van der Waals surface area contributed by atoms with Crippen molar-refractivity contribution in [1.82, 2.24) is 0 Å². The molecule has 11 heteroatoms. The standard InChI is InChI=1S/C37H58O11/c1-17(13-21(46-18(2)38)30-33(5,6)48-30)24-26(42)29(44)35(8)28-19(39)14-22-32(3,4)23(47-31-27(43)25(41)20(40)15-45-31)9-10-36(22)16-37(28,36)12-11-34(24,35)7/h17,19-25,27-31,39-41,43-44H,9-16H2,1-8H3/t17-,19+,20-,21+,22+,23+,24+,25+,27-,28+,29?,30-,31+,34-,35-,36-,37+/m1/s1. The zero-order chi connectivity index (χ0) is 35.1. The van der Waals surface area contributed by atoms with Crippen LogP contribution in [0.15, 0.2) is 0 Å². The number of carbonyl (C=O) groups excluding carboxylic acids is 2. The fourth-order valence-corrected chi connectivity index (χ4v) is 13.2. The number of ketones is 1. The van der Waals surface area contributed by atoms with Crippen LogP contribution >= 0.6 is 0 Å². The molecule has 1 unspecified atom stereocenters. The molecule has 0 bridgehead atoms. The average molecular weight is 679 g/mol. The Kier molecular flexibility index (Phi) is 8.01. The Morgan fingerprint density at radius 1 is 0.958 bits per heavy atom. The second-order valence-corrected chi connectivity index (χ2v) is 18.5. The number of hydrogen-bond acceptors (Lipinski definition) is 11. The Balaban J connectivity index is 1.14. The summed E-state index contributed by atoms with van der Waals surface area (Å²) in [5.41, 5.74) is -2.47. The van der Waals surface area contributed by atoms with Gasteiger partial charge in [-0.2, -0.15) is 0 Å². The molecule has 2 spiro atoms. The van der Waals surface area contributed by atoms with E-state index in [0.29, 0.717) is 19.3 Å². The summed E-state index contributed by atoms with van der Waals surface area (Å²) in [6.07, 6.45) is -2.79. The van der Waals surface area contributed by atoms with E-state index in [0.717, 1.165) is 25.7 Å². The van der Waals surface area contributed by atoms with Crippen LogP contribution < -0.4 is 0 Å². The number of epoxide rings is 1. The first kappa shape index (κ1) is 35.2. The maximum atomic E-state index is 14.3. The van der Waals surface area contributed by atoms with Gasteiger partial charge in [0.25, 0.3) is 0 Å². The number of rotatable bonds is 7. The highest BCUT2D eigenvalue weighted by Gasteiger charge is 2.86. The number of Topliss-reactive ketones (excluding diaryl/α,β-unsaturated/α-hetero) is 1. The number of carbonyl (C=O) groups is 2. The Morgan fingerprint density at radius 2 is 1.62 bits per heavy atom. The molecule has 17 atom stereocenters. The number of aliphatic hydroxyl groups is 5. The summed E-state index contributed by atoms with van der Waals surface area (Å²) in [4.78, 5) is 26.3. The Labute approximate surface area is 284 Å². The summed E-state index contributed by atoms with van der Waals surface area (Å²) >= 11 is 0. The molecule has 5 aliphatic carbocycles. The van der Waals surface area contributed by atoms with Gasteiger partial charge in [-0.3, -0.25) is 9.59 Å². The molecule has 2 heterocycles. The third-order valence-corrected chi connectivity index (χ3v) is 15.6. The SMILES string of the molecule is CC(=O)O[C@@H](C[C@@H](C)[C@H]1C(=O)C(O)[C@@]2(C)[C@@H]3[C@@H](O)C[C@H]4C(C)(C)[C@@H](O[C@@H]5OC[C@@H](O)[C@H](O)[C@H]5O)CC[C@@]45C[C@@]35CC[C@]12C)[C@H]1OC1(C)C. The molecule has 272 valence electrons. The van der Waals surface area contributed by atoms with Crippen LogP contribution in [0.25, 0.3) is 0 Å². The van der Waals surface area contributed by atoms with Gasteiger partial charge in [0, 0.05) is 18.3 Å². The maximum absolute atomic E-state index is 14.3. The second kappa shape index (κ2) is 10.9. The summed E-state index contributed by atoms with van der Waals surface area (Å²) in [6.45, 7) is 15.8. The van der Waals surface area contributed by atoms with Gasteiger partial charge in [0.1, 0.15) is 36.6 Å². The van der Waals surface area contributed by atoms with E-state index in [1.54, 1.807) is 0 Å². The van der Waals surface area contributed by atoms with Crippen molar-refractivity contribution in [3.05, 3.63) is 0 Å². The molecule has 48 heavy (non-hydrogen) atoms. The van der Waals surface area contributed by atoms with Crippen LogP contribution in [-0.2, 0) is 28.5 Å². The van der Waals surface area contributed by atoms with Gasteiger partial charge < -0.3 is 44.5 Å². The van der Waals surface area contributed by atoms with Crippen molar-refractivity contribution in [2.75, 3.05) is 6.61 Å². The summed E-state index contributed by atoms with van der Waals surface area (Å²) in [7, 11) is 0. The van der Waals surface area contributed by atoms with Crippen molar-refractivity contribution in [3.8, 4) is 0 Å². The van der Waals surface area contributed by atoms with Crippen molar-refractivity contribution in [2.45, 2.75) is 161 Å². The van der Waals surface area contributed by atoms with Gasteiger partial charge in [-0.05, 0) is 98.2 Å². The van der Waals surface area contributed by atoms with E-state index >= 15 is 0 Å². The molecule has 0 aromatic rings. The number of ether oxygens (including phenoxy) is 4. The molecule has 0 radical (unpaired) electrons. The van der Waals surface area contributed by atoms with Crippen molar-refractivity contribution in [2.24, 2.45) is 50.7 Å². The molecule has 0 amide bonds. The number of fused-ring (bicyclic) bond motifs is 2. The zero-order valence-electron chi connectivity index (χ0n) is 29.8. The van der Waals surface area contributed by atoms with Crippen molar-refractivity contribution < 1.29 is 54.1 Å². The normalized spacial score (nSPS) is 54.2. The summed E-state index contributed by atoms with van der Waals surface area (Å²) < 4.78 is 23.6. The Morgan fingerprint density at radius 3 is 2.25 bits per heavy atom. The molecule has 7 rings (SSSR count). The third kappa shape index (κ3) is 4.53. The van der Waals surface area contributed by atoms with E-state index in [-0.39, 0.29) is 59.2 Å². The van der Waals surface area contributed by atoms with Crippen molar-refractivity contribution in [1.29, 1.82) is 0 Å². The first-order valence-electron chi connectivity index (χ1n) is 18.3. The molecule has 11 nitrogen and oxygen atoms in total. The highest BCUT2D eigenvalue weighted by Crippen LogP contribution is 2.89. The molecular formula is C37H58O11. The predicted octanol–water partition coefficient (Wildman–Crippen LogP) is 2.51. The predicted molar refractivity (Wildman–Crippen MR) is 171 cm³/mol. The highest BCUT2D eigenvalue weighted by atomic mass is 16.7. The van der Waals surface area contributed by atoms with Crippen LogP contribution in [0.4, 0.5) is 0 Å². The van der Waals surface area contributed by atoms with Gasteiger partial charge in [-0.15, -0.1) is 0 Å². The lowest BCUT2D eigenvalue weighted by Crippen LogP contribution is -2.64. The minimum absolute atomic E-state index is 0.0614. The van der Waals surface area contributed by atoms with Crippen molar-refractivity contribution >= 4 is 11.8 Å². The van der Waals surface area contributed by atoms with Crippen molar-refractivity contribution in [3.63, 3.8) is 0 Å². The smallest absolute Gasteiger partial charge is 0.302 e.